The van der Waals surface area contributed by atoms with Gasteiger partial charge in [-0.2, -0.15) is 0 Å². The molecule has 1 rings (SSSR count). The molecule has 0 atom stereocenters. The molecule has 0 saturated heterocycles. The molecule has 0 amide bonds. The fourth-order valence-corrected chi connectivity index (χ4v) is 2.23. The van der Waals surface area contributed by atoms with E-state index in [2.05, 4.69) is 59.3 Å². The summed E-state index contributed by atoms with van der Waals surface area (Å²) in [5.74, 6) is 1.66. The molecule has 1 aromatic rings. The summed E-state index contributed by atoms with van der Waals surface area (Å²) < 4.78 is 6.17. The van der Waals surface area contributed by atoms with Gasteiger partial charge in [0, 0.05) is 12.1 Å². The normalized spacial score (nSPS) is 12.2. The summed E-state index contributed by atoms with van der Waals surface area (Å²) in [6, 6.07) is 6.00. The lowest BCUT2D eigenvalue weighted by molar-refractivity contribution is 0.412. The standard InChI is InChI=1S/C15H24BrN3O/c1-6-17-14(19-15(2,3)4)18-10-11-7-8-13(20-5)12(16)9-11/h7-9H,6,10H2,1-5H3,(H2,17,18,19). The van der Waals surface area contributed by atoms with Gasteiger partial charge in [0.2, 0.25) is 0 Å². The van der Waals surface area contributed by atoms with Crippen LogP contribution in [0.4, 0.5) is 0 Å². The number of nitrogens with one attached hydrogen (secondary N) is 2. The van der Waals surface area contributed by atoms with E-state index in [1.54, 1.807) is 7.11 Å². The van der Waals surface area contributed by atoms with Gasteiger partial charge in [-0.05, 0) is 61.3 Å². The predicted octanol–water partition coefficient (Wildman–Crippen LogP) is 3.31. The zero-order valence-electron chi connectivity index (χ0n) is 12.9. The fraction of sp³-hybridized carbons (Fsp3) is 0.533. The van der Waals surface area contributed by atoms with Gasteiger partial charge in [0.05, 0.1) is 18.1 Å². The summed E-state index contributed by atoms with van der Waals surface area (Å²) in [5.41, 5.74) is 1.12. The molecule has 0 spiro atoms. The minimum atomic E-state index is -0.0124. The zero-order chi connectivity index (χ0) is 15.2. The van der Waals surface area contributed by atoms with Crippen molar-refractivity contribution in [3.8, 4) is 5.75 Å². The van der Waals surface area contributed by atoms with Crippen molar-refractivity contribution in [2.45, 2.75) is 39.8 Å². The Bertz CT molecular complexity index is 467. The molecule has 0 bridgehead atoms. The highest BCUT2D eigenvalue weighted by molar-refractivity contribution is 9.10. The average molecular weight is 342 g/mol. The molecule has 0 heterocycles. The first-order chi connectivity index (χ1) is 9.35. The third-order valence-corrected chi connectivity index (χ3v) is 3.09. The van der Waals surface area contributed by atoms with Crippen molar-refractivity contribution < 1.29 is 4.74 Å². The minimum Gasteiger partial charge on any atom is -0.496 e. The molecule has 112 valence electrons. The van der Waals surface area contributed by atoms with Gasteiger partial charge in [0.25, 0.3) is 0 Å². The SMILES string of the molecule is CCNC(=NCc1ccc(OC)c(Br)c1)NC(C)(C)C. The van der Waals surface area contributed by atoms with Gasteiger partial charge in [-0.25, -0.2) is 4.99 Å². The van der Waals surface area contributed by atoms with Crippen LogP contribution in [0.15, 0.2) is 27.7 Å². The van der Waals surface area contributed by atoms with Gasteiger partial charge >= 0.3 is 0 Å². The van der Waals surface area contributed by atoms with Crippen LogP contribution in [0.2, 0.25) is 0 Å². The van der Waals surface area contributed by atoms with E-state index in [9.17, 15) is 0 Å². The van der Waals surface area contributed by atoms with Crippen molar-refractivity contribution in [2.24, 2.45) is 4.99 Å². The van der Waals surface area contributed by atoms with Crippen molar-refractivity contribution in [1.29, 1.82) is 0 Å². The van der Waals surface area contributed by atoms with Crippen molar-refractivity contribution in [3.63, 3.8) is 0 Å². The highest BCUT2D eigenvalue weighted by atomic mass is 79.9. The van der Waals surface area contributed by atoms with E-state index in [1.165, 1.54) is 0 Å². The van der Waals surface area contributed by atoms with Crippen LogP contribution in [0.5, 0.6) is 5.75 Å². The molecule has 0 aromatic heterocycles. The number of hydrogen-bond acceptors (Lipinski definition) is 2. The lowest BCUT2D eigenvalue weighted by Crippen LogP contribution is -2.47. The van der Waals surface area contributed by atoms with Crippen LogP contribution in [-0.2, 0) is 6.54 Å². The Morgan fingerprint density at radius 3 is 2.55 bits per heavy atom. The molecule has 20 heavy (non-hydrogen) atoms. The summed E-state index contributed by atoms with van der Waals surface area (Å²) in [4.78, 5) is 4.60. The van der Waals surface area contributed by atoms with Crippen molar-refractivity contribution in [3.05, 3.63) is 28.2 Å². The molecule has 2 N–H and O–H groups in total. The molecule has 0 unspecified atom stereocenters. The molecular formula is C15H24BrN3O. The topological polar surface area (TPSA) is 45.7 Å². The predicted molar refractivity (Wildman–Crippen MR) is 88.4 cm³/mol. The van der Waals surface area contributed by atoms with Crippen LogP contribution in [0, 0.1) is 0 Å². The lowest BCUT2D eigenvalue weighted by atomic mass is 10.1. The Balaban J connectivity index is 2.78. The second-order valence-electron chi connectivity index (χ2n) is 5.54. The quantitative estimate of drug-likeness (QED) is 0.652. The molecular weight excluding hydrogens is 318 g/mol. The molecule has 4 nitrogen and oxygen atoms in total. The van der Waals surface area contributed by atoms with Crippen LogP contribution >= 0.6 is 15.9 Å². The van der Waals surface area contributed by atoms with Crippen LogP contribution in [0.25, 0.3) is 0 Å². The Morgan fingerprint density at radius 2 is 2.05 bits per heavy atom. The number of benzene rings is 1. The maximum atomic E-state index is 5.22. The summed E-state index contributed by atoms with van der Waals surface area (Å²) >= 11 is 3.49. The fourth-order valence-electron chi connectivity index (χ4n) is 1.64. The maximum Gasteiger partial charge on any atom is 0.191 e. The lowest BCUT2D eigenvalue weighted by Gasteiger charge is -2.23. The number of methoxy groups -OCH3 is 1. The van der Waals surface area contributed by atoms with E-state index >= 15 is 0 Å². The van der Waals surface area contributed by atoms with E-state index in [-0.39, 0.29) is 5.54 Å². The number of rotatable bonds is 4. The smallest absolute Gasteiger partial charge is 0.191 e. The summed E-state index contributed by atoms with van der Waals surface area (Å²) in [5, 5.41) is 6.62. The van der Waals surface area contributed by atoms with Crippen LogP contribution in [0.3, 0.4) is 0 Å². The molecule has 0 fully saturated rings. The first kappa shape index (κ1) is 16.8. The Labute approximate surface area is 130 Å². The van der Waals surface area contributed by atoms with E-state index in [0.29, 0.717) is 6.54 Å². The Hall–Kier alpha value is -1.23. The molecule has 0 saturated carbocycles. The first-order valence-corrected chi connectivity index (χ1v) is 7.54. The molecule has 0 radical (unpaired) electrons. The van der Waals surface area contributed by atoms with Crippen molar-refractivity contribution in [2.75, 3.05) is 13.7 Å². The van der Waals surface area contributed by atoms with Crippen LogP contribution in [-0.4, -0.2) is 25.2 Å². The molecule has 1 aromatic carbocycles. The number of guanidine groups is 1. The van der Waals surface area contributed by atoms with E-state index in [4.69, 9.17) is 4.74 Å². The van der Waals surface area contributed by atoms with Gasteiger partial charge in [-0.3, -0.25) is 0 Å². The van der Waals surface area contributed by atoms with Crippen LogP contribution in [0.1, 0.15) is 33.3 Å². The Kier molecular flexibility index (Phi) is 6.33. The van der Waals surface area contributed by atoms with Gasteiger partial charge in [0.15, 0.2) is 5.96 Å². The van der Waals surface area contributed by atoms with Crippen LogP contribution < -0.4 is 15.4 Å². The molecule has 0 aliphatic heterocycles. The highest BCUT2D eigenvalue weighted by Crippen LogP contribution is 2.25. The third-order valence-electron chi connectivity index (χ3n) is 2.47. The average Bonchev–Trinajstić information content (AvgIpc) is 2.34. The molecule has 0 aliphatic carbocycles. The highest BCUT2D eigenvalue weighted by Gasteiger charge is 2.11. The summed E-state index contributed by atoms with van der Waals surface area (Å²) in [7, 11) is 1.66. The number of hydrogen-bond donors (Lipinski definition) is 2. The summed E-state index contributed by atoms with van der Waals surface area (Å²) in [6.45, 7) is 9.86. The molecule has 0 aliphatic rings. The number of aliphatic imine (C=N–C) groups is 1. The number of ether oxygens (including phenoxy) is 1. The van der Waals surface area contributed by atoms with Crippen molar-refractivity contribution >= 4 is 21.9 Å². The molecule has 5 heteroatoms. The zero-order valence-corrected chi connectivity index (χ0v) is 14.5. The van der Waals surface area contributed by atoms with Crippen molar-refractivity contribution in [1.82, 2.24) is 10.6 Å². The Morgan fingerprint density at radius 1 is 1.35 bits per heavy atom. The van der Waals surface area contributed by atoms with E-state index in [1.807, 2.05) is 18.2 Å². The van der Waals surface area contributed by atoms with E-state index in [0.717, 1.165) is 28.3 Å². The second-order valence-corrected chi connectivity index (χ2v) is 6.39. The van der Waals surface area contributed by atoms with Gasteiger partial charge in [-0.15, -0.1) is 0 Å². The maximum absolute atomic E-state index is 5.22. The first-order valence-electron chi connectivity index (χ1n) is 6.74. The summed E-state index contributed by atoms with van der Waals surface area (Å²) in [6.07, 6.45) is 0. The monoisotopic (exact) mass is 341 g/mol. The third kappa shape index (κ3) is 5.82. The number of halogens is 1. The minimum absolute atomic E-state index is 0.0124. The van der Waals surface area contributed by atoms with Gasteiger partial charge in [-0.1, -0.05) is 6.07 Å². The largest absolute Gasteiger partial charge is 0.496 e. The van der Waals surface area contributed by atoms with Gasteiger partial charge < -0.3 is 15.4 Å². The number of nitrogens with zero attached hydrogens (tertiary/aromatic N) is 1. The van der Waals surface area contributed by atoms with Gasteiger partial charge in [0.1, 0.15) is 5.75 Å². The second kappa shape index (κ2) is 7.53. The van der Waals surface area contributed by atoms with E-state index < -0.39 is 0 Å².